The zero-order valence-corrected chi connectivity index (χ0v) is 12.1. The maximum Gasteiger partial charge on any atom is 0.273 e. The molecule has 0 bridgehead atoms. The van der Waals surface area contributed by atoms with Gasteiger partial charge in [0.05, 0.1) is 9.95 Å². The Balaban J connectivity index is 2.09. The van der Waals surface area contributed by atoms with Crippen molar-refractivity contribution in [3.63, 3.8) is 0 Å². The van der Waals surface area contributed by atoms with Crippen molar-refractivity contribution in [1.29, 1.82) is 0 Å². The Morgan fingerprint density at radius 2 is 2.05 bits per heavy atom. The third-order valence-electron chi connectivity index (χ3n) is 3.23. The number of nitrogens with one attached hydrogen (secondary N) is 1. The fraction of sp³-hybridized carbons (Fsp3) is 0.200. The number of rotatable bonds is 5. The Kier molecular flexibility index (Phi) is 4.88. The molecule has 2 aromatic carbocycles. The molecule has 0 aliphatic heterocycles. The number of para-hydroxylation sites is 1. The van der Waals surface area contributed by atoms with Crippen molar-refractivity contribution >= 4 is 17.3 Å². The first kappa shape index (κ1) is 15.4. The van der Waals surface area contributed by atoms with E-state index in [1.807, 2.05) is 6.92 Å². The van der Waals surface area contributed by atoms with Gasteiger partial charge in [0.15, 0.2) is 0 Å². The van der Waals surface area contributed by atoms with Crippen molar-refractivity contribution in [3.8, 4) is 0 Å². The Labute approximate surface area is 126 Å². The molecule has 0 heterocycles. The molecule has 2 rings (SSSR count). The summed E-state index contributed by atoms with van der Waals surface area (Å²) in [5, 5.41) is 14.2. The van der Waals surface area contributed by atoms with Gasteiger partial charge >= 0.3 is 0 Å². The SMILES string of the molecule is CC(NCc1ccccc1[N+](=O)[O-])c1ccc(F)c(Cl)c1. The lowest BCUT2D eigenvalue weighted by Crippen LogP contribution is -2.18. The molecule has 0 aliphatic rings. The number of hydrogen-bond donors (Lipinski definition) is 1. The quantitative estimate of drug-likeness (QED) is 0.664. The van der Waals surface area contributed by atoms with Crippen molar-refractivity contribution in [2.75, 3.05) is 0 Å². The lowest BCUT2D eigenvalue weighted by Gasteiger charge is -2.15. The summed E-state index contributed by atoms with van der Waals surface area (Å²) in [6.45, 7) is 2.23. The first-order valence-electron chi connectivity index (χ1n) is 6.39. The number of halogens is 2. The molecule has 0 saturated carbocycles. The van der Waals surface area contributed by atoms with Gasteiger partial charge in [-0.25, -0.2) is 4.39 Å². The highest BCUT2D eigenvalue weighted by atomic mass is 35.5. The van der Waals surface area contributed by atoms with E-state index in [0.29, 0.717) is 12.1 Å². The molecular weight excluding hydrogens is 295 g/mol. The third-order valence-corrected chi connectivity index (χ3v) is 3.52. The molecule has 0 radical (unpaired) electrons. The van der Waals surface area contributed by atoms with Gasteiger partial charge in [0.2, 0.25) is 0 Å². The first-order valence-corrected chi connectivity index (χ1v) is 6.77. The van der Waals surface area contributed by atoms with Crippen molar-refractivity contribution in [1.82, 2.24) is 5.32 Å². The van der Waals surface area contributed by atoms with Gasteiger partial charge in [0.25, 0.3) is 5.69 Å². The van der Waals surface area contributed by atoms with Crippen LogP contribution in [0.1, 0.15) is 24.1 Å². The van der Waals surface area contributed by atoms with E-state index in [-0.39, 0.29) is 16.8 Å². The zero-order chi connectivity index (χ0) is 15.4. The number of benzene rings is 2. The van der Waals surface area contributed by atoms with Crippen molar-refractivity contribution < 1.29 is 9.31 Å². The highest BCUT2D eigenvalue weighted by molar-refractivity contribution is 6.30. The lowest BCUT2D eigenvalue weighted by atomic mass is 10.1. The van der Waals surface area contributed by atoms with Crippen molar-refractivity contribution in [2.24, 2.45) is 0 Å². The van der Waals surface area contributed by atoms with E-state index in [2.05, 4.69) is 5.32 Å². The van der Waals surface area contributed by atoms with E-state index < -0.39 is 10.7 Å². The van der Waals surface area contributed by atoms with Gasteiger partial charge in [0.1, 0.15) is 5.82 Å². The maximum atomic E-state index is 13.1. The van der Waals surface area contributed by atoms with Crippen molar-refractivity contribution in [3.05, 3.63) is 74.5 Å². The molecule has 21 heavy (non-hydrogen) atoms. The minimum Gasteiger partial charge on any atom is -0.306 e. The summed E-state index contributed by atoms with van der Waals surface area (Å²) < 4.78 is 13.1. The second-order valence-corrected chi connectivity index (χ2v) is 5.07. The summed E-state index contributed by atoms with van der Waals surface area (Å²) in [4.78, 5) is 10.5. The minimum absolute atomic E-state index is 0.0619. The van der Waals surface area contributed by atoms with Crippen LogP contribution in [0.4, 0.5) is 10.1 Å². The molecule has 0 amide bonds. The van der Waals surface area contributed by atoms with Crippen molar-refractivity contribution in [2.45, 2.75) is 19.5 Å². The molecule has 4 nitrogen and oxygen atoms in total. The largest absolute Gasteiger partial charge is 0.306 e. The predicted octanol–water partition coefficient (Wildman–Crippen LogP) is 4.24. The molecule has 6 heteroatoms. The zero-order valence-electron chi connectivity index (χ0n) is 11.3. The molecule has 0 aromatic heterocycles. The first-order chi connectivity index (χ1) is 9.99. The van der Waals surface area contributed by atoms with Gasteiger partial charge in [-0.05, 0) is 24.6 Å². The van der Waals surface area contributed by atoms with Gasteiger partial charge < -0.3 is 5.32 Å². The normalized spacial score (nSPS) is 12.1. The van der Waals surface area contributed by atoms with Crippen LogP contribution in [0.5, 0.6) is 0 Å². The number of hydrogen-bond acceptors (Lipinski definition) is 3. The summed E-state index contributed by atoms with van der Waals surface area (Å²) in [5.74, 6) is -0.466. The second kappa shape index (κ2) is 6.65. The maximum absolute atomic E-state index is 13.1. The monoisotopic (exact) mass is 308 g/mol. The molecule has 0 fully saturated rings. The number of nitro benzene ring substituents is 1. The molecule has 0 saturated heterocycles. The molecule has 0 aliphatic carbocycles. The molecule has 1 unspecified atom stereocenters. The smallest absolute Gasteiger partial charge is 0.273 e. The Bertz CT molecular complexity index is 664. The van der Waals surface area contributed by atoms with E-state index in [0.717, 1.165) is 5.56 Å². The van der Waals surface area contributed by atoms with Crippen LogP contribution in [0.2, 0.25) is 5.02 Å². The van der Waals surface area contributed by atoms with E-state index >= 15 is 0 Å². The molecule has 2 aromatic rings. The van der Waals surface area contributed by atoms with Crippen LogP contribution >= 0.6 is 11.6 Å². The van der Waals surface area contributed by atoms with E-state index in [1.165, 1.54) is 12.1 Å². The Morgan fingerprint density at radius 3 is 2.71 bits per heavy atom. The summed E-state index contributed by atoms with van der Waals surface area (Å²) in [6.07, 6.45) is 0. The van der Waals surface area contributed by atoms with E-state index in [4.69, 9.17) is 11.6 Å². The minimum atomic E-state index is -0.466. The standard InChI is InChI=1S/C15H14ClFN2O2/c1-10(11-6-7-14(17)13(16)8-11)18-9-12-4-2-3-5-15(12)19(20)21/h2-8,10,18H,9H2,1H3. The van der Waals surface area contributed by atoms with Gasteiger partial charge in [-0.3, -0.25) is 10.1 Å². The predicted molar refractivity (Wildman–Crippen MR) is 79.8 cm³/mol. The average Bonchev–Trinajstić information content (AvgIpc) is 2.47. The van der Waals surface area contributed by atoms with Crippen LogP contribution in [-0.2, 0) is 6.54 Å². The summed E-state index contributed by atoms with van der Waals surface area (Å²) in [7, 11) is 0. The van der Waals surface area contributed by atoms with Gasteiger partial charge in [0, 0.05) is 24.2 Å². The van der Waals surface area contributed by atoms with Crippen LogP contribution in [0.25, 0.3) is 0 Å². The molecule has 1 atom stereocenters. The fourth-order valence-electron chi connectivity index (χ4n) is 2.00. The van der Waals surface area contributed by atoms with E-state index in [9.17, 15) is 14.5 Å². The third kappa shape index (κ3) is 3.77. The number of nitrogens with zero attached hydrogens (tertiary/aromatic N) is 1. The van der Waals surface area contributed by atoms with Gasteiger partial charge in [-0.2, -0.15) is 0 Å². The molecular formula is C15H14ClFN2O2. The highest BCUT2D eigenvalue weighted by Gasteiger charge is 2.14. The summed E-state index contributed by atoms with van der Waals surface area (Å²) in [6, 6.07) is 10.9. The molecule has 1 N–H and O–H groups in total. The van der Waals surface area contributed by atoms with Crippen LogP contribution in [-0.4, -0.2) is 4.92 Å². The van der Waals surface area contributed by atoms with Gasteiger partial charge in [-0.15, -0.1) is 0 Å². The van der Waals surface area contributed by atoms with Crippen LogP contribution in [0, 0.1) is 15.9 Å². The Morgan fingerprint density at radius 1 is 1.33 bits per heavy atom. The summed E-state index contributed by atoms with van der Waals surface area (Å²) in [5.41, 5.74) is 1.50. The number of nitro groups is 1. The average molecular weight is 309 g/mol. The topological polar surface area (TPSA) is 55.2 Å². The molecule has 110 valence electrons. The highest BCUT2D eigenvalue weighted by Crippen LogP contribution is 2.22. The Hall–Kier alpha value is -1.98. The lowest BCUT2D eigenvalue weighted by molar-refractivity contribution is -0.385. The van der Waals surface area contributed by atoms with Crippen LogP contribution in [0.3, 0.4) is 0 Å². The van der Waals surface area contributed by atoms with Crippen LogP contribution < -0.4 is 5.32 Å². The molecule has 0 spiro atoms. The van der Waals surface area contributed by atoms with Crippen LogP contribution in [0.15, 0.2) is 42.5 Å². The second-order valence-electron chi connectivity index (χ2n) is 4.66. The van der Waals surface area contributed by atoms with E-state index in [1.54, 1.807) is 30.3 Å². The summed E-state index contributed by atoms with van der Waals surface area (Å²) >= 11 is 5.75. The fourth-order valence-corrected chi connectivity index (χ4v) is 2.19. The van der Waals surface area contributed by atoms with Gasteiger partial charge in [-0.1, -0.05) is 35.9 Å².